The molecule has 0 fully saturated rings. The summed E-state index contributed by atoms with van der Waals surface area (Å²) in [5.41, 5.74) is 1.20. The molecule has 0 atom stereocenters. The van der Waals surface area contributed by atoms with E-state index in [1.165, 1.54) is 13.2 Å². The summed E-state index contributed by atoms with van der Waals surface area (Å²) in [6.07, 6.45) is 1.28. The van der Waals surface area contributed by atoms with Crippen molar-refractivity contribution in [2.24, 2.45) is 0 Å². The van der Waals surface area contributed by atoms with E-state index in [-0.39, 0.29) is 35.1 Å². The second kappa shape index (κ2) is 4.45. The molecule has 1 heterocycles. The number of esters is 1. The summed E-state index contributed by atoms with van der Waals surface area (Å²) in [5.74, 6) is -1.25. The minimum atomic E-state index is -0.671. The van der Waals surface area contributed by atoms with Gasteiger partial charge in [0.05, 0.1) is 7.11 Å². The van der Waals surface area contributed by atoms with Crippen LogP contribution in [0.15, 0.2) is 47.2 Å². The zero-order valence-corrected chi connectivity index (χ0v) is 10.6. The fourth-order valence-electron chi connectivity index (χ4n) is 2.28. The quantitative estimate of drug-likeness (QED) is 0.722. The Labute approximate surface area is 114 Å². The van der Waals surface area contributed by atoms with Gasteiger partial charge >= 0.3 is 5.97 Å². The molecular formula is C15H10O5. The van der Waals surface area contributed by atoms with E-state index in [4.69, 9.17) is 4.74 Å². The van der Waals surface area contributed by atoms with Gasteiger partial charge in [-0.25, -0.2) is 4.79 Å². The summed E-state index contributed by atoms with van der Waals surface area (Å²) in [6, 6.07) is 6.61. The highest BCUT2D eigenvalue weighted by Gasteiger charge is 2.34. The van der Waals surface area contributed by atoms with Gasteiger partial charge < -0.3 is 9.47 Å². The molecule has 5 nitrogen and oxygen atoms in total. The number of hydrogen-bond donors (Lipinski definition) is 0. The summed E-state index contributed by atoms with van der Waals surface area (Å²) < 4.78 is 9.74. The van der Waals surface area contributed by atoms with Crippen LogP contribution in [0.3, 0.4) is 0 Å². The first-order chi connectivity index (χ1) is 9.63. The number of allylic oxidation sites excluding steroid dienone is 2. The number of benzene rings is 1. The highest BCUT2D eigenvalue weighted by atomic mass is 16.6. The molecule has 0 saturated heterocycles. The van der Waals surface area contributed by atoms with Crippen LogP contribution in [0.4, 0.5) is 0 Å². The first-order valence-electron chi connectivity index (χ1n) is 5.98. The highest BCUT2D eigenvalue weighted by molar-refractivity contribution is 6.28. The molecule has 20 heavy (non-hydrogen) atoms. The zero-order chi connectivity index (χ0) is 14.3. The number of ketones is 2. The lowest BCUT2D eigenvalue weighted by Gasteiger charge is -2.23. The van der Waals surface area contributed by atoms with Crippen molar-refractivity contribution in [1.29, 1.82) is 0 Å². The molecule has 1 aliphatic heterocycles. The average Bonchev–Trinajstić information content (AvgIpc) is 2.51. The number of ether oxygens (including phenoxy) is 2. The fourth-order valence-corrected chi connectivity index (χ4v) is 2.28. The van der Waals surface area contributed by atoms with Crippen molar-refractivity contribution >= 4 is 17.5 Å². The Morgan fingerprint density at radius 2 is 1.80 bits per heavy atom. The van der Waals surface area contributed by atoms with Gasteiger partial charge in [0.25, 0.3) is 0 Å². The average molecular weight is 270 g/mol. The predicted octanol–water partition coefficient (Wildman–Crippen LogP) is 1.45. The maximum atomic E-state index is 12.4. The molecule has 1 aromatic rings. The summed E-state index contributed by atoms with van der Waals surface area (Å²) in [6.45, 7) is -0.102. The number of Topliss-reactive ketones (excluding diaryl/α,β-unsaturated/α-hetero) is 2. The van der Waals surface area contributed by atoms with Crippen LogP contribution in [0.25, 0.3) is 0 Å². The number of methoxy groups -OCH3 is 1. The molecule has 0 N–H and O–H groups in total. The minimum absolute atomic E-state index is 0.0632. The second-order valence-corrected chi connectivity index (χ2v) is 4.38. The highest BCUT2D eigenvalue weighted by Crippen LogP contribution is 2.30. The van der Waals surface area contributed by atoms with Gasteiger partial charge in [-0.1, -0.05) is 24.3 Å². The van der Waals surface area contributed by atoms with Gasteiger partial charge in [-0.3, -0.25) is 9.59 Å². The lowest BCUT2D eigenvalue weighted by Crippen LogP contribution is -2.27. The second-order valence-electron chi connectivity index (χ2n) is 4.38. The van der Waals surface area contributed by atoms with E-state index in [1.807, 2.05) is 0 Å². The van der Waals surface area contributed by atoms with Gasteiger partial charge in [0.1, 0.15) is 6.61 Å². The Kier molecular flexibility index (Phi) is 2.75. The van der Waals surface area contributed by atoms with E-state index < -0.39 is 5.97 Å². The SMILES string of the molecule is COC(=O)C1=CC2=C(CO1)C(=O)c1ccccc1C2=O. The van der Waals surface area contributed by atoms with Crippen LogP contribution in [0.5, 0.6) is 0 Å². The smallest absolute Gasteiger partial charge is 0.373 e. The molecule has 0 radical (unpaired) electrons. The van der Waals surface area contributed by atoms with E-state index in [1.54, 1.807) is 24.3 Å². The molecule has 5 heteroatoms. The van der Waals surface area contributed by atoms with Crippen LogP contribution < -0.4 is 0 Å². The Hall–Kier alpha value is -2.69. The molecule has 0 saturated carbocycles. The van der Waals surface area contributed by atoms with Gasteiger partial charge in [0.15, 0.2) is 11.6 Å². The molecule has 0 bridgehead atoms. The molecule has 1 aliphatic carbocycles. The minimum Gasteiger partial charge on any atom is -0.481 e. The van der Waals surface area contributed by atoms with Crippen LogP contribution in [0.1, 0.15) is 20.7 Å². The van der Waals surface area contributed by atoms with Gasteiger partial charge in [-0.05, 0) is 6.08 Å². The molecule has 1 aromatic carbocycles. The lowest BCUT2D eigenvalue weighted by atomic mass is 9.83. The summed E-state index contributed by atoms with van der Waals surface area (Å²) in [7, 11) is 1.22. The maximum Gasteiger partial charge on any atom is 0.373 e. The summed E-state index contributed by atoms with van der Waals surface area (Å²) in [5, 5.41) is 0. The number of carbonyl (C=O) groups is 3. The molecular weight excluding hydrogens is 260 g/mol. The Morgan fingerprint density at radius 3 is 2.45 bits per heavy atom. The molecule has 0 aromatic heterocycles. The van der Waals surface area contributed by atoms with E-state index in [0.29, 0.717) is 11.1 Å². The van der Waals surface area contributed by atoms with Crippen LogP contribution in [-0.4, -0.2) is 31.3 Å². The Morgan fingerprint density at radius 1 is 1.15 bits per heavy atom. The van der Waals surface area contributed by atoms with Crippen molar-refractivity contribution in [1.82, 2.24) is 0 Å². The standard InChI is InChI=1S/C15H10O5/c1-19-15(18)12-6-10-11(7-20-12)14(17)9-5-3-2-4-8(9)13(10)16/h2-6H,7H2,1H3. The third-order valence-corrected chi connectivity index (χ3v) is 3.29. The zero-order valence-electron chi connectivity index (χ0n) is 10.6. The van der Waals surface area contributed by atoms with E-state index in [9.17, 15) is 14.4 Å². The van der Waals surface area contributed by atoms with Gasteiger partial charge in [-0.2, -0.15) is 0 Å². The molecule has 3 rings (SSSR count). The fraction of sp³-hybridized carbons (Fsp3) is 0.133. The maximum absolute atomic E-state index is 12.4. The van der Waals surface area contributed by atoms with Crippen molar-refractivity contribution in [3.8, 4) is 0 Å². The van der Waals surface area contributed by atoms with E-state index in [2.05, 4.69) is 4.74 Å². The van der Waals surface area contributed by atoms with E-state index in [0.717, 1.165) is 0 Å². The molecule has 100 valence electrons. The third-order valence-electron chi connectivity index (χ3n) is 3.29. The normalized spacial score (nSPS) is 16.9. The first-order valence-corrected chi connectivity index (χ1v) is 5.98. The van der Waals surface area contributed by atoms with Gasteiger partial charge in [0, 0.05) is 22.3 Å². The van der Waals surface area contributed by atoms with Gasteiger partial charge in [0.2, 0.25) is 5.76 Å². The summed E-state index contributed by atoms with van der Waals surface area (Å²) in [4.78, 5) is 36.1. The number of rotatable bonds is 1. The topological polar surface area (TPSA) is 69.7 Å². The molecule has 0 spiro atoms. The van der Waals surface area contributed by atoms with Crippen molar-refractivity contribution < 1.29 is 23.9 Å². The van der Waals surface area contributed by atoms with Crippen molar-refractivity contribution in [2.45, 2.75) is 0 Å². The molecule has 0 unspecified atom stereocenters. The number of fused-ring (bicyclic) bond motifs is 1. The van der Waals surface area contributed by atoms with Crippen LogP contribution in [0.2, 0.25) is 0 Å². The van der Waals surface area contributed by atoms with Crippen molar-refractivity contribution in [3.05, 3.63) is 58.4 Å². The third kappa shape index (κ3) is 1.67. The van der Waals surface area contributed by atoms with E-state index >= 15 is 0 Å². The summed E-state index contributed by atoms with van der Waals surface area (Å²) >= 11 is 0. The predicted molar refractivity (Wildman–Crippen MR) is 68.2 cm³/mol. The van der Waals surface area contributed by atoms with Crippen molar-refractivity contribution in [3.63, 3.8) is 0 Å². The van der Waals surface area contributed by atoms with Crippen LogP contribution >= 0.6 is 0 Å². The lowest BCUT2D eigenvalue weighted by molar-refractivity contribution is -0.140. The van der Waals surface area contributed by atoms with Crippen LogP contribution in [-0.2, 0) is 14.3 Å². The largest absolute Gasteiger partial charge is 0.481 e. The first kappa shape index (κ1) is 12.3. The van der Waals surface area contributed by atoms with Gasteiger partial charge in [-0.15, -0.1) is 0 Å². The Bertz CT molecular complexity index is 709. The van der Waals surface area contributed by atoms with Crippen molar-refractivity contribution in [2.75, 3.05) is 13.7 Å². The molecule has 2 aliphatic rings. The molecule has 0 amide bonds. The number of carbonyl (C=O) groups excluding carboxylic acids is 3. The number of hydrogen-bond acceptors (Lipinski definition) is 5. The monoisotopic (exact) mass is 270 g/mol. The van der Waals surface area contributed by atoms with Crippen LogP contribution in [0, 0.1) is 0 Å². The Balaban J connectivity index is 2.13.